The topological polar surface area (TPSA) is 26.0 Å². The maximum absolute atomic E-state index is 12.9. The Balaban J connectivity index is 2.14. The molecule has 0 aliphatic carbocycles. The number of rotatable bonds is 5. The van der Waals surface area contributed by atoms with Gasteiger partial charge in [-0.2, -0.15) is 0 Å². The zero-order valence-electron chi connectivity index (χ0n) is 12.2. The molecule has 0 spiro atoms. The molecule has 0 aliphatic rings. The second kappa shape index (κ2) is 6.19. The minimum absolute atomic E-state index is 0.212. The van der Waals surface area contributed by atoms with Gasteiger partial charge in [-0.1, -0.05) is 49.7 Å². The number of aryl methyl sites for hydroxylation is 1. The van der Waals surface area contributed by atoms with Crippen LogP contribution < -0.4 is 5.73 Å². The first-order chi connectivity index (χ1) is 9.51. The van der Waals surface area contributed by atoms with E-state index in [0.717, 1.165) is 24.0 Å². The van der Waals surface area contributed by atoms with E-state index in [1.165, 1.54) is 17.7 Å². The highest BCUT2D eigenvalue weighted by Crippen LogP contribution is 2.23. The molecule has 0 heterocycles. The van der Waals surface area contributed by atoms with Crippen LogP contribution in [0.25, 0.3) is 0 Å². The van der Waals surface area contributed by atoms with Crippen molar-refractivity contribution in [1.82, 2.24) is 0 Å². The average molecular weight is 271 g/mol. The maximum atomic E-state index is 12.9. The average Bonchev–Trinajstić information content (AvgIpc) is 2.42. The quantitative estimate of drug-likeness (QED) is 0.866. The molecular formula is C18H22FN. The Bertz CT molecular complexity index is 541. The summed E-state index contributed by atoms with van der Waals surface area (Å²) in [5, 5.41) is 0. The van der Waals surface area contributed by atoms with Gasteiger partial charge < -0.3 is 5.73 Å². The monoisotopic (exact) mass is 271 g/mol. The third kappa shape index (κ3) is 3.67. The highest BCUT2D eigenvalue weighted by Gasteiger charge is 2.21. The maximum Gasteiger partial charge on any atom is 0.123 e. The first-order valence-corrected chi connectivity index (χ1v) is 7.14. The van der Waals surface area contributed by atoms with E-state index in [-0.39, 0.29) is 5.82 Å². The fraction of sp³-hybridized carbons (Fsp3) is 0.333. The number of hydrogen-bond donors (Lipinski definition) is 1. The zero-order chi connectivity index (χ0) is 14.6. The van der Waals surface area contributed by atoms with E-state index in [0.29, 0.717) is 6.42 Å². The Labute approximate surface area is 120 Å². The molecule has 2 heteroatoms. The van der Waals surface area contributed by atoms with Crippen molar-refractivity contribution >= 4 is 0 Å². The Morgan fingerprint density at radius 1 is 0.950 bits per heavy atom. The Hall–Kier alpha value is -1.67. The summed E-state index contributed by atoms with van der Waals surface area (Å²) < 4.78 is 12.9. The van der Waals surface area contributed by atoms with E-state index in [4.69, 9.17) is 5.73 Å². The molecule has 2 aromatic carbocycles. The molecule has 1 nitrogen and oxygen atoms in total. The van der Waals surface area contributed by atoms with Gasteiger partial charge in [0.1, 0.15) is 5.82 Å². The minimum Gasteiger partial charge on any atom is -0.321 e. The predicted molar refractivity (Wildman–Crippen MR) is 82.1 cm³/mol. The molecule has 20 heavy (non-hydrogen) atoms. The lowest BCUT2D eigenvalue weighted by atomic mass is 9.86. The molecule has 0 saturated heterocycles. The van der Waals surface area contributed by atoms with Gasteiger partial charge in [-0.3, -0.25) is 0 Å². The van der Waals surface area contributed by atoms with Crippen LogP contribution >= 0.6 is 0 Å². The second-order valence-electron chi connectivity index (χ2n) is 5.67. The highest BCUT2D eigenvalue weighted by molar-refractivity contribution is 5.30. The van der Waals surface area contributed by atoms with Gasteiger partial charge in [-0.15, -0.1) is 0 Å². The van der Waals surface area contributed by atoms with Crippen molar-refractivity contribution in [3.05, 3.63) is 71.0 Å². The van der Waals surface area contributed by atoms with Gasteiger partial charge >= 0.3 is 0 Å². The molecular weight excluding hydrogens is 249 g/mol. The molecule has 2 aromatic rings. The number of benzene rings is 2. The number of halogens is 1. The normalized spacial score (nSPS) is 14.0. The molecule has 0 bridgehead atoms. The van der Waals surface area contributed by atoms with Crippen molar-refractivity contribution in [3.8, 4) is 0 Å². The van der Waals surface area contributed by atoms with Crippen LogP contribution in [-0.4, -0.2) is 0 Å². The van der Waals surface area contributed by atoms with Crippen LogP contribution in [0.2, 0.25) is 0 Å². The zero-order valence-corrected chi connectivity index (χ0v) is 12.2. The van der Waals surface area contributed by atoms with Crippen LogP contribution in [0.3, 0.4) is 0 Å². The first-order valence-electron chi connectivity index (χ1n) is 7.14. The third-order valence-corrected chi connectivity index (χ3v) is 3.64. The fourth-order valence-corrected chi connectivity index (χ4v) is 2.47. The summed E-state index contributed by atoms with van der Waals surface area (Å²) in [6.07, 6.45) is 2.94. The van der Waals surface area contributed by atoms with E-state index < -0.39 is 5.54 Å². The van der Waals surface area contributed by atoms with Crippen LogP contribution in [0.4, 0.5) is 4.39 Å². The minimum atomic E-state index is -0.442. The van der Waals surface area contributed by atoms with Crippen molar-refractivity contribution in [3.63, 3.8) is 0 Å². The summed E-state index contributed by atoms with van der Waals surface area (Å²) >= 11 is 0. The standard InChI is InChI=1S/C18H22FN/c1-3-4-14-5-9-16(10-6-14)18(2,20)13-15-7-11-17(19)12-8-15/h5-12H,3-4,13,20H2,1-2H3. The summed E-state index contributed by atoms with van der Waals surface area (Å²) in [7, 11) is 0. The van der Waals surface area contributed by atoms with Crippen LogP contribution in [0, 0.1) is 5.82 Å². The largest absolute Gasteiger partial charge is 0.321 e. The van der Waals surface area contributed by atoms with Gasteiger partial charge in [0.2, 0.25) is 0 Å². The van der Waals surface area contributed by atoms with Gasteiger partial charge in [0.25, 0.3) is 0 Å². The third-order valence-electron chi connectivity index (χ3n) is 3.64. The SMILES string of the molecule is CCCc1ccc(C(C)(N)Cc2ccc(F)cc2)cc1. The lowest BCUT2D eigenvalue weighted by Gasteiger charge is -2.25. The van der Waals surface area contributed by atoms with Crippen molar-refractivity contribution in [2.24, 2.45) is 5.73 Å². The Kier molecular flexibility index (Phi) is 4.56. The van der Waals surface area contributed by atoms with Crippen LogP contribution in [0.1, 0.15) is 37.0 Å². The predicted octanol–water partition coefficient (Wildman–Crippen LogP) is 4.19. The summed E-state index contributed by atoms with van der Waals surface area (Å²) in [4.78, 5) is 0. The van der Waals surface area contributed by atoms with E-state index in [2.05, 4.69) is 31.2 Å². The second-order valence-corrected chi connectivity index (χ2v) is 5.67. The summed E-state index contributed by atoms with van der Waals surface area (Å²) in [6.45, 7) is 4.20. The van der Waals surface area contributed by atoms with Gasteiger partial charge in [-0.05, 0) is 48.6 Å². The van der Waals surface area contributed by atoms with Crippen LogP contribution in [-0.2, 0) is 18.4 Å². The molecule has 0 fully saturated rings. The van der Waals surface area contributed by atoms with Crippen molar-refractivity contribution in [1.29, 1.82) is 0 Å². The van der Waals surface area contributed by atoms with Gasteiger partial charge in [0, 0.05) is 5.54 Å². The lowest BCUT2D eigenvalue weighted by Crippen LogP contribution is -2.35. The fourth-order valence-electron chi connectivity index (χ4n) is 2.47. The van der Waals surface area contributed by atoms with Crippen molar-refractivity contribution < 1.29 is 4.39 Å². The summed E-state index contributed by atoms with van der Waals surface area (Å²) in [5.74, 6) is -0.212. The highest BCUT2D eigenvalue weighted by atomic mass is 19.1. The van der Waals surface area contributed by atoms with Crippen LogP contribution in [0.5, 0.6) is 0 Å². The van der Waals surface area contributed by atoms with Gasteiger partial charge in [-0.25, -0.2) is 4.39 Å². The number of nitrogens with two attached hydrogens (primary N) is 1. The Morgan fingerprint density at radius 2 is 1.50 bits per heavy atom. The summed E-state index contributed by atoms with van der Waals surface area (Å²) in [6, 6.07) is 15.1. The van der Waals surface area contributed by atoms with E-state index in [9.17, 15) is 4.39 Å². The molecule has 0 aliphatic heterocycles. The Morgan fingerprint density at radius 3 is 2.05 bits per heavy atom. The molecule has 2 N–H and O–H groups in total. The van der Waals surface area contributed by atoms with E-state index in [1.807, 2.05) is 6.92 Å². The van der Waals surface area contributed by atoms with E-state index >= 15 is 0 Å². The molecule has 0 amide bonds. The number of hydrogen-bond acceptors (Lipinski definition) is 1. The molecule has 1 atom stereocenters. The molecule has 0 aromatic heterocycles. The van der Waals surface area contributed by atoms with Crippen molar-refractivity contribution in [2.75, 3.05) is 0 Å². The summed E-state index contributed by atoms with van der Waals surface area (Å²) in [5.41, 5.74) is 9.50. The smallest absolute Gasteiger partial charge is 0.123 e. The van der Waals surface area contributed by atoms with Gasteiger partial charge in [0.05, 0.1) is 0 Å². The van der Waals surface area contributed by atoms with Crippen molar-refractivity contribution in [2.45, 2.75) is 38.6 Å². The van der Waals surface area contributed by atoms with Crippen LogP contribution in [0.15, 0.2) is 48.5 Å². The van der Waals surface area contributed by atoms with E-state index in [1.54, 1.807) is 12.1 Å². The lowest BCUT2D eigenvalue weighted by molar-refractivity contribution is 0.490. The molecule has 0 radical (unpaired) electrons. The first kappa shape index (κ1) is 14.7. The molecule has 1 unspecified atom stereocenters. The van der Waals surface area contributed by atoms with Gasteiger partial charge in [0.15, 0.2) is 0 Å². The molecule has 2 rings (SSSR count). The molecule has 0 saturated carbocycles. The molecule has 106 valence electrons.